The molecule has 0 saturated carbocycles. The van der Waals surface area contributed by atoms with Gasteiger partial charge in [-0.3, -0.25) is 9.69 Å². The third-order valence-corrected chi connectivity index (χ3v) is 8.35. The van der Waals surface area contributed by atoms with Gasteiger partial charge in [0.25, 0.3) is 5.91 Å². The van der Waals surface area contributed by atoms with E-state index in [4.69, 9.17) is 4.99 Å². The summed E-state index contributed by atoms with van der Waals surface area (Å²) in [5.41, 5.74) is 1.91. The number of hydrogen-bond donors (Lipinski definition) is 0. The molecule has 208 valence electrons. The number of aliphatic imine (C=N–C) groups is 1. The number of carbonyl (C=O) groups is 1. The number of hydrogen-bond acceptors (Lipinski definition) is 3. The van der Waals surface area contributed by atoms with Crippen molar-refractivity contribution in [2.24, 2.45) is 4.99 Å². The molecule has 2 aliphatic heterocycles. The van der Waals surface area contributed by atoms with Gasteiger partial charge >= 0.3 is 0 Å². The number of amides is 1. The molecule has 6 heteroatoms. The van der Waals surface area contributed by atoms with E-state index in [0.717, 1.165) is 44.5 Å². The monoisotopic (exact) mass is 549 g/mol. The first kappa shape index (κ1) is 27.0. The fraction of sp³-hybridized carbons (Fsp3) is 0.257. The van der Waals surface area contributed by atoms with Crippen molar-refractivity contribution in [3.05, 3.63) is 143 Å². The van der Waals surface area contributed by atoms with Crippen molar-refractivity contribution in [3.8, 4) is 0 Å². The fourth-order valence-corrected chi connectivity index (χ4v) is 6.17. The van der Waals surface area contributed by atoms with Crippen LogP contribution in [0.2, 0.25) is 0 Å². The van der Waals surface area contributed by atoms with E-state index in [1.807, 2.05) is 30.3 Å². The van der Waals surface area contributed by atoms with Crippen LogP contribution in [0.15, 0.2) is 114 Å². The molecule has 4 aromatic rings. The minimum Gasteiger partial charge on any atom is -0.303 e. The van der Waals surface area contributed by atoms with Gasteiger partial charge in [0.2, 0.25) is 0 Å². The van der Waals surface area contributed by atoms with E-state index < -0.39 is 17.2 Å². The number of likely N-dealkylation sites (tertiary alicyclic amines) is 1. The van der Waals surface area contributed by atoms with Crippen LogP contribution in [-0.4, -0.2) is 47.7 Å². The van der Waals surface area contributed by atoms with Gasteiger partial charge in [0.1, 0.15) is 17.5 Å². The second kappa shape index (κ2) is 11.8. The maximum absolute atomic E-state index is 14.5. The number of piperidine rings is 1. The van der Waals surface area contributed by atoms with E-state index in [2.05, 4.69) is 35.2 Å². The van der Waals surface area contributed by atoms with Crippen LogP contribution in [0, 0.1) is 11.6 Å². The Labute approximate surface area is 240 Å². The van der Waals surface area contributed by atoms with Crippen LogP contribution in [0.25, 0.3) is 0 Å². The van der Waals surface area contributed by atoms with Gasteiger partial charge in [-0.25, -0.2) is 13.8 Å². The van der Waals surface area contributed by atoms with Gasteiger partial charge in [-0.1, -0.05) is 84.9 Å². The minimum absolute atomic E-state index is 0.211. The maximum atomic E-state index is 14.5. The van der Waals surface area contributed by atoms with E-state index in [9.17, 15) is 13.6 Å². The van der Waals surface area contributed by atoms with Crippen LogP contribution in [0.5, 0.6) is 0 Å². The molecule has 0 spiro atoms. The van der Waals surface area contributed by atoms with Crippen molar-refractivity contribution in [3.63, 3.8) is 0 Å². The van der Waals surface area contributed by atoms with Crippen molar-refractivity contribution < 1.29 is 13.6 Å². The Morgan fingerprint density at radius 3 is 1.80 bits per heavy atom. The van der Waals surface area contributed by atoms with Gasteiger partial charge in [0.15, 0.2) is 5.54 Å². The van der Waals surface area contributed by atoms with E-state index in [-0.39, 0.29) is 5.91 Å². The van der Waals surface area contributed by atoms with Gasteiger partial charge in [-0.15, -0.1) is 0 Å². The minimum atomic E-state index is -1.43. The first-order valence-corrected chi connectivity index (χ1v) is 14.3. The lowest BCUT2D eigenvalue weighted by Gasteiger charge is -2.33. The highest BCUT2D eigenvalue weighted by Gasteiger charge is 2.51. The molecule has 0 atom stereocenters. The summed E-state index contributed by atoms with van der Waals surface area (Å²) in [6.07, 6.45) is 3.04. The van der Waals surface area contributed by atoms with Gasteiger partial charge in [0, 0.05) is 12.1 Å². The molecule has 0 radical (unpaired) electrons. The molecule has 41 heavy (non-hydrogen) atoms. The molecule has 1 amide bonds. The molecule has 0 bridgehead atoms. The molecule has 4 aromatic carbocycles. The third kappa shape index (κ3) is 5.44. The van der Waals surface area contributed by atoms with E-state index in [0.29, 0.717) is 29.4 Å². The molecule has 0 unspecified atom stereocenters. The number of nitrogens with zero attached hydrogens (tertiary/aromatic N) is 3. The molecule has 6 rings (SSSR count). The Hall–Kier alpha value is -4.16. The van der Waals surface area contributed by atoms with E-state index >= 15 is 0 Å². The Balaban J connectivity index is 1.26. The lowest BCUT2D eigenvalue weighted by molar-refractivity contribution is -0.130. The summed E-state index contributed by atoms with van der Waals surface area (Å²) in [4.78, 5) is 23.8. The van der Waals surface area contributed by atoms with E-state index in [1.165, 1.54) is 29.8 Å². The molecule has 1 fully saturated rings. The molecule has 2 heterocycles. The maximum Gasteiger partial charge on any atom is 0.265 e. The molecule has 0 aromatic heterocycles. The second-order valence-electron chi connectivity index (χ2n) is 10.9. The zero-order chi connectivity index (χ0) is 28.2. The smallest absolute Gasteiger partial charge is 0.265 e. The van der Waals surface area contributed by atoms with Gasteiger partial charge in [-0.2, -0.15) is 0 Å². The summed E-state index contributed by atoms with van der Waals surface area (Å²) in [5, 5.41) is 0. The van der Waals surface area contributed by atoms with Gasteiger partial charge < -0.3 is 4.90 Å². The zero-order valence-corrected chi connectivity index (χ0v) is 22.9. The number of amidine groups is 1. The average molecular weight is 550 g/mol. The number of benzene rings is 4. The van der Waals surface area contributed by atoms with Crippen LogP contribution in [0.1, 0.15) is 47.4 Å². The topological polar surface area (TPSA) is 35.9 Å². The third-order valence-electron chi connectivity index (χ3n) is 8.35. The molecule has 0 N–H and O–H groups in total. The number of carbonyl (C=O) groups excluding carboxylic acids is 1. The van der Waals surface area contributed by atoms with Crippen LogP contribution >= 0.6 is 0 Å². The molecule has 1 saturated heterocycles. The molecular weight excluding hydrogens is 516 g/mol. The Morgan fingerprint density at radius 2 is 1.24 bits per heavy atom. The lowest BCUT2D eigenvalue weighted by Crippen LogP contribution is -2.43. The summed E-state index contributed by atoms with van der Waals surface area (Å²) in [6.45, 7) is 3.44. The Kier molecular flexibility index (Phi) is 7.75. The SMILES string of the molecule is O=C1N(CCCN2CCC(c3ccccc3)CC2)C(c2ccccc2)=NC1(c1ccc(F)cc1)c1ccc(F)cc1. The summed E-state index contributed by atoms with van der Waals surface area (Å²) >= 11 is 0. The predicted molar refractivity (Wildman–Crippen MR) is 158 cm³/mol. The average Bonchev–Trinajstić information content (AvgIpc) is 3.32. The normalized spacial score (nSPS) is 17.6. The Morgan fingerprint density at radius 1 is 0.707 bits per heavy atom. The van der Waals surface area contributed by atoms with E-state index in [1.54, 1.807) is 29.2 Å². The van der Waals surface area contributed by atoms with Crippen molar-refractivity contribution in [1.82, 2.24) is 9.80 Å². The van der Waals surface area contributed by atoms with Gasteiger partial charge in [0.05, 0.1) is 0 Å². The van der Waals surface area contributed by atoms with Crippen molar-refractivity contribution in [2.45, 2.75) is 30.7 Å². The summed E-state index contributed by atoms with van der Waals surface area (Å²) in [7, 11) is 0. The lowest BCUT2D eigenvalue weighted by atomic mass is 9.82. The highest BCUT2D eigenvalue weighted by molar-refractivity contribution is 6.16. The van der Waals surface area contributed by atoms with Crippen LogP contribution < -0.4 is 0 Å². The quantitative estimate of drug-likeness (QED) is 0.243. The Bertz CT molecular complexity index is 1450. The highest BCUT2D eigenvalue weighted by Crippen LogP contribution is 2.41. The van der Waals surface area contributed by atoms with Crippen LogP contribution in [0.3, 0.4) is 0 Å². The fourth-order valence-electron chi connectivity index (χ4n) is 6.17. The first-order valence-electron chi connectivity index (χ1n) is 14.3. The van der Waals surface area contributed by atoms with Crippen molar-refractivity contribution >= 4 is 11.7 Å². The highest BCUT2D eigenvalue weighted by atomic mass is 19.1. The molecular formula is C35H33F2N3O. The first-order chi connectivity index (χ1) is 20.0. The number of rotatable bonds is 8. The van der Waals surface area contributed by atoms with Crippen LogP contribution in [-0.2, 0) is 10.3 Å². The van der Waals surface area contributed by atoms with Crippen molar-refractivity contribution in [1.29, 1.82) is 0 Å². The summed E-state index contributed by atoms with van der Waals surface area (Å²) in [5.74, 6) is 0.170. The van der Waals surface area contributed by atoms with Crippen LogP contribution in [0.4, 0.5) is 8.78 Å². The largest absolute Gasteiger partial charge is 0.303 e. The van der Waals surface area contributed by atoms with Crippen molar-refractivity contribution in [2.75, 3.05) is 26.2 Å². The standard InChI is InChI=1S/C35H33F2N3O/c36-31-16-12-29(13-17-31)35(30-14-18-32(37)19-15-30)34(41)40(33(38-35)28-10-5-2-6-11-28)23-7-22-39-24-20-27(21-25-39)26-8-3-1-4-9-26/h1-6,8-19,27H,7,20-25H2. The molecule has 0 aliphatic carbocycles. The van der Waals surface area contributed by atoms with Gasteiger partial charge in [-0.05, 0) is 85.8 Å². The molecule has 2 aliphatic rings. The predicted octanol–water partition coefficient (Wildman–Crippen LogP) is 6.77. The summed E-state index contributed by atoms with van der Waals surface area (Å²) < 4.78 is 27.9. The second-order valence-corrected chi connectivity index (χ2v) is 10.9. The zero-order valence-electron chi connectivity index (χ0n) is 22.9. The molecule has 4 nitrogen and oxygen atoms in total. The number of halogens is 2. The summed E-state index contributed by atoms with van der Waals surface area (Å²) in [6, 6.07) is 32.1.